The number of nitriles is 1. The van der Waals surface area contributed by atoms with Crippen molar-refractivity contribution >= 4 is 11.8 Å². The van der Waals surface area contributed by atoms with E-state index in [1.165, 1.54) is 0 Å². The Balaban J connectivity index is 4.11. The molecule has 0 aliphatic carbocycles. The summed E-state index contributed by atoms with van der Waals surface area (Å²) in [6, 6.07) is 1.90. The van der Waals surface area contributed by atoms with Crippen LogP contribution >= 0.6 is 0 Å². The van der Waals surface area contributed by atoms with Gasteiger partial charge in [-0.1, -0.05) is 6.92 Å². The van der Waals surface area contributed by atoms with Gasteiger partial charge in [0, 0.05) is 13.1 Å². The third-order valence-corrected chi connectivity index (χ3v) is 2.41. The number of carbonyl (C=O) groups is 2. The third kappa shape index (κ3) is 4.30. The fraction of sp³-hybridized carbons (Fsp3) is 0.727. The summed E-state index contributed by atoms with van der Waals surface area (Å²) in [5.74, 6) is -1.15. The molecule has 0 saturated carbocycles. The van der Waals surface area contributed by atoms with Gasteiger partial charge < -0.3 is 10.2 Å². The van der Waals surface area contributed by atoms with Gasteiger partial charge in [-0.2, -0.15) is 5.26 Å². The Morgan fingerprint density at radius 3 is 2.25 bits per heavy atom. The number of carbonyl (C=O) groups excluding carboxylic acids is 2. The van der Waals surface area contributed by atoms with Crippen LogP contribution in [0, 0.1) is 17.2 Å². The van der Waals surface area contributed by atoms with E-state index in [1.807, 2.05) is 19.9 Å². The second kappa shape index (κ2) is 7.69. The quantitative estimate of drug-likeness (QED) is 0.716. The van der Waals surface area contributed by atoms with E-state index in [0.29, 0.717) is 19.5 Å². The smallest absolute Gasteiger partial charge is 0.241 e. The molecule has 0 heterocycles. The first-order valence-corrected chi connectivity index (χ1v) is 5.55. The van der Waals surface area contributed by atoms with E-state index in [2.05, 4.69) is 5.32 Å². The lowest BCUT2D eigenvalue weighted by atomic mass is 10.1. The van der Waals surface area contributed by atoms with Gasteiger partial charge in [-0.15, -0.1) is 0 Å². The van der Waals surface area contributed by atoms with Crippen LogP contribution in [0.25, 0.3) is 0 Å². The molecule has 90 valence electrons. The molecule has 0 saturated heterocycles. The number of rotatable bonds is 6. The highest BCUT2D eigenvalue weighted by Crippen LogP contribution is 1.99. The molecule has 16 heavy (non-hydrogen) atoms. The number of hydrogen-bond donors (Lipinski definition) is 1. The summed E-state index contributed by atoms with van der Waals surface area (Å²) in [6.45, 7) is 6.75. The Bertz CT molecular complexity index is 279. The first kappa shape index (κ1) is 14.4. The second-order valence-corrected chi connectivity index (χ2v) is 3.37. The molecular formula is C11H19N3O2. The van der Waals surface area contributed by atoms with Crippen LogP contribution in [0.3, 0.4) is 0 Å². The fourth-order valence-electron chi connectivity index (χ4n) is 1.31. The summed E-state index contributed by atoms with van der Waals surface area (Å²) in [5.41, 5.74) is 0. The molecule has 0 rings (SSSR count). The normalized spacial score (nSPS) is 11.4. The van der Waals surface area contributed by atoms with Crippen molar-refractivity contribution in [2.75, 3.05) is 19.6 Å². The minimum Gasteiger partial charge on any atom is -0.346 e. The average molecular weight is 225 g/mol. The van der Waals surface area contributed by atoms with Gasteiger partial charge in [-0.3, -0.25) is 9.59 Å². The van der Waals surface area contributed by atoms with Gasteiger partial charge in [0.25, 0.3) is 0 Å². The van der Waals surface area contributed by atoms with E-state index < -0.39 is 5.92 Å². The lowest BCUT2D eigenvalue weighted by Gasteiger charge is -2.19. The third-order valence-electron chi connectivity index (χ3n) is 2.41. The molecule has 1 N–H and O–H groups in total. The van der Waals surface area contributed by atoms with Gasteiger partial charge in [0.2, 0.25) is 11.8 Å². The van der Waals surface area contributed by atoms with E-state index in [9.17, 15) is 9.59 Å². The first-order valence-electron chi connectivity index (χ1n) is 5.55. The van der Waals surface area contributed by atoms with Crippen molar-refractivity contribution in [3.63, 3.8) is 0 Å². The number of amides is 2. The number of nitrogens with zero attached hydrogens (tertiary/aromatic N) is 2. The standard InChI is InChI=1S/C11H19N3O2/c1-4-9(7-12)11(16)13-8-10(15)14(5-2)6-3/h9H,4-6,8H2,1-3H3,(H,13,16). The lowest BCUT2D eigenvalue weighted by molar-refractivity contribution is -0.133. The van der Waals surface area contributed by atoms with Gasteiger partial charge in [-0.25, -0.2) is 0 Å². The maximum atomic E-state index is 11.5. The van der Waals surface area contributed by atoms with E-state index >= 15 is 0 Å². The Morgan fingerprint density at radius 2 is 1.88 bits per heavy atom. The van der Waals surface area contributed by atoms with Gasteiger partial charge >= 0.3 is 0 Å². The topological polar surface area (TPSA) is 73.2 Å². The van der Waals surface area contributed by atoms with E-state index in [1.54, 1.807) is 11.8 Å². The molecule has 0 spiro atoms. The molecule has 0 radical (unpaired) electrons. The van der Waals surface area contributed by atoms with Crippen molar-refractivity contribution < 1.29 is 9.59 Å². The van der Waals surface area contributed by atoms with Gasteiger partial charge in [-0.05, 0) is 20.3 Å². The van der Waals surface area contributed by atoms with Crippen molar-refractivity contribution in [2.24, 2.45) is 5.92 Å². The van der Waals surface area contributed by atoms with Crippen molar-refractivity contribution in [3.8, 4) is 6.07 Å². The van der Waals surface area contributed by atoms with Crippen molar-refractivity contribution in [3.05, 3.63) is 0 Å². The monoisotopic (exact) mass is 225 g/mol. The van der Waals surface area contributed by atoms with Gasteiger partial charge in [0.05, 0.1) is 12.6 Å². The molecule has 0 aliphatic rings. The first-order chi connectivity index (χ1) is 7.60. The zero-order chi connectivity index (χ0) is 12.6. The minimum atomic E-state index is -0.662. The largest absolute Gasteiger partial charge is 0.346 e. The Kier molecular flexibility index (Phi) is 6.93. The lowest BCUT2D eigenvalue weighted by Crippen LogP contribution is -2.41. The molecule has 0 aromatic heterocycles. The number of nitrogens with one attached hydrogen (secondary N) is 1. The highest BCUT2D eigenvalue weighted by molar-refractivity contribution is 5.86. The predicted octanol–water partition coefficient (Wildman–Crippen LogP) is 0.521. The zero-order valence-electron chi connectivity index (χ0n) is 10.1. The van der Waals surface area contributed by atoms with Gasteiger partial charge in [0.15, 0.2) is 0 Å². The molecule has 1 atom stereocenters. The summed E-state index contributed by atoms with van der Waals surface area (Å²) in [5, 5.41) is 11.1. The fourth-order valence-corrected chi connectivity index (χ4v) is 1.31. The highest BCUT2D eigenvalue weighted by atomic mass is 16.2. The molecule has 0 aromatic rings. The Morgan fingerprint density at radius 1 is 1.31 bits per heavy atom. The molecule has 1 unspecified atom stereocenters. The molecule has 2 amide bonds. The maximum Gasteiger partial charge on any atom is 0.241 e. The minimum absolute atomic E-state index is 0.0291. The SMILES string of the molecule is CCC(C#N)C(=O)NCC(=O)N(CC)CC. The Hall–Kier alpha value is -1.57. The van der Waals surface area contributed by atoms with E-state index in [-0.39, 0.29) is 18.4 Å². The zero-order valence-corrected chi connectivity index (χ0v) is 10.1. The molecular weight excluding hydrogens is 206 g/mol. The van der Waals surface area contributed by atoms with Crippen LogP contribution in [0.2, 0.25) is 0 Å². The van der Waals surface area contributed by atoms with Crippen LogP contribution in [0.5, 0.6) is 0 Å². The molecule has 5 heteroatoms. The van der Waals surface area contributed by atoms with Crippen LogP contribution in [-0.2, 0) is 9.59 Å². The van der Waals surface area contributed by atoms with E-state index in [4.69, 9.17) is 5.26 Å². The predicted molar refractivity (Wildman–Crippen MR) is 60.3 cm³/mol. The van der Waals surface area contributed by atoms with Crippen molar-refractivity contribution in [1.82, 2.24) is 10.2 Å². The number of hydrogen-bond acceptors (Lipinski definition) is 3. The van der Waals surface area contributed by atoms with Crippen LogP contribution in [0.4, 0.5) is 0 Å². The summed E-state index contributed by atoms with van der Waals surface area (Å²) in [4.78, 5) is 24.6. The van der Waals surface area contributed by atoms with Crippen LogP contribution in [0.15, 0.2) is 0 Å². The van der Waals surface area contributed by atoms with Crippen LogP contribution < -0.4 is 5.32 Å². The molecule has 0 bridgehead atoms. The van der Waals surface area contributed by atoms with Crippen LogP contribution in [-0.4, -0.2) is 36.3 Å². The maximum absolute atomic E-state index is 11.5. The average Bonchev–Trinajstić information content (AvgIpc) is 2.29. The van der Waals surface area contributed by atoms with Gasteiger partial charge in [0.1, 0.15) is 5.92 Å². The number of likely N-dealkylation sites (N-methyl/N-ethyl adjacent to an activating group) is 1. The second-order valence-electron chi connectivity index (χ2n) is 3.37. The molecule has 0 fully saturated rings. The summed E-state index contributed by atoms with van der Waals surface area (Å²) in [6.07, 6.45) is 0.460. The molecule has 0 aromatic carbocycles. The summed E-state index contributed by atoms with van der Waals surface area (Å²) < 4.78 is 0. The van der Waals surface area contributed by atoms with Crippen molar-refractivity contribution in [2.45, 2.75) is 27.2 Å². The molecule has 0 aliphatic heterocycles. The highest BCUT2D eigenvalue weighted by Gasteiger charge is 2.17. The van der Waals surface area contributed by atoms with E-state index in [0.717, 1.165) is 0 Å². The summed E-state index contributed by atoms with van der Waals surface area (Å²) in [7, 11) is 0. The van der Waals surface area contributed by atoms with Crippen molar-refractivity contribution in [1.29, 1.82) is 5.26 Å². The summed E-state index contributed by atoms with van der Waals surface area (Å²) >= 11 is 0. The Labute approximate surface area is 96.4 Å². The molecule has 5 nitrogen and oxygen atoms in total. The van der Waals surface area contributed by atoms with Crippen LogP contribution in [0.1, 0.15) is 27.2 Å².